The summed E-state index contributed by atoms with van der Waals surface area (Å²) in [5.41, 5.74) is 1.25. The van der Waals surface area contributed by atoms with Crippen LogP contribution < -0.4 is 104 Å². The van der Waals surface area contributed by atoms with Gasteiger partial charge in [0.1, 0.15) is 24.8 Å². The molecule has 2 atom stereocenters. The van der Waals surface area contributed by atoms with Crippen LogP contribution in [0.4, 0.5) is 11.4 Å². The van der Waals surface area contributed by atoms with E-state index in [1.54, 1.807) is 31.2 Å². The van der Waals surface area contributed by atoms with Crippen molar-refractivity contribution in [3.8, 4) is 0 Å². The molecule has 0 aliphatic heterocycles. The van der Waals surface area contributed by atoms with Gasteiger partial charge in [0.05, 0.1) is 11.8 Å². The second-order valence-corrected chi connectivity index (χ2v) is 13.0. The number of nitrogens with one attached hydrogen (secondary N) is 2. The van der Waals surface area contributed by atoms with E-state index < -0.39 is 44.7 Å². The fraction of sp³-hybridized carbons (Fsp3) is 0.579. The first-order valence-corrected chi connectivity index (χ1v) is 14.8. The number of benzene rings is 1. The zero-order chi connectivity index (χ0) is 27.1. The SMILES string of the molecule is CC(CCC(O)(P(=O)(O)O)P(=O)(O)O)NC(=O)[C@H](C)Nc1ccc([N+](C=O)(CCCl)CCCl)cc1.[H-].[H-].[H-].[Na+].[Na+].[Na+]. The molecule has 7 N–H and O–H groups in total. The van der Waals surface area contributed by atoms with Crippen LogP contribution in [0, 0.1) is 0 Å². The molecule has 0 aliphatic rings. The predicted octanol–water partition coefficient (Wildman–Crippen LogP) is -6.94. The van der Waals surface area contributed by atoms with Crippen LogP contribution in [0.3, 0.4) is 0 Å². The molecule has 0 fully saturated rings. The summed E-state index contributed by atoms with van der Waals surface area (Å²) in [5, 5.41) is 11.9. The van der Waals surface area contributed by atoms with E-state index in [0.29, 0.717) is 24.5 Å². The third kappa shape index (κ3) is 12.3. The van der Waals surface area contributed by atoms with Crippen molar-refractivity contribution >= 4 is 62.1 Å². The minimum absolute atomic E-state index is 0. The van der Waals surface area contributed by atoms with Gasteiger partial charge in [-0.05, 0) is 32.4 Å². The quantitative estimate of drug-likeness (QED) is 0.0315. The summed E-state index contributed by atoms with van der Waals surface area (Å²) >= 11 is 11.7. The molecule has 38 heavy (non-hydrogen) atoms. The summed E-state index contributed by atoms with van der Waals surface area (Å²) in [7, 11) is -11.1. The monoisotopic (exact) mass is 650 g/mol. The number of halogens is 2. The summed E-state index contributed by atoms with van der Waals surface area (Å²) in [6, 6.07) is 5.27. The van der Waals surface area contributed by atoms with E-state index in [4.69, 9.17) is 23.2 Å². The molecule has 1 unspecified atom stereocenters. The molecule has 0 saturated carbocycles. The van der Waals surface area contributed by atoms with E-state index in [1.165, 1.54) is 6.92 Å². The fourth-order valence-electron chi connectivity index (χ4n) is 3.32. The number of carbonyl (C=O) groups is 2. The minimum atomic E-state index is -5.56. The predicted molar refractivity (Wildman–Crippen MR) is 138 cm³/mol. The molecular weight excluding hydrogens is 616 g/mol. The zero-order valence-electron chi connectivity index (χ0n) is 25.3. The van der Waals surface area contributed by atoms with E-state index in [-0.39, 0.29) is 116 Å². The Balaban J connectivity index is -0.000000510. The van der Waals surface area contributed by atoms with Crippen molar-refractivity contribution in [1.29, 1.82) is 0 Å². The van der Waals surface area contributed by atoms with Gasteiger partial charge < -0.3 is 39.6 Å². The number of anilines is 1. The van der Waals surface area contributed by atoms with Gasteiger partial charge in [-0.15, -0.1) is 23.2 Å². The molecule has 0 saturated heterocycles. The van der Waals surface area contributed by atoms with Gasteiger partial charge in [-0.3, -0.25) is 13.9 Å². The molecule has 0 heterocycles. The smallest absolute Gasteiger partial charge is 1.00 e. The van der Waals surface area contributed by atoms with Gasteiger partial charge in [-0.25, -0.2) is 9.28 Å². The Bertz CT molecular complexity index is 958. The van der Waals surface area contributed by atoms with Crippen molar-refractivity contribution in [2.45, 2.75) is 43.9 Å². The Labute approximate surface area is 303 Å². The molecule has 1 aromatic carbocycles. The van der Waals surface area contributed by atoms with E-state index in [0.717, 1.165) is 6.41 Å². The molecular formula is C19H35Cl2N3Na3O9P2+. The van der Waals surface area contributed by atoms with Gasteiger partial charge in [0.2, 0.25) is 5.91 Å². The van der Waals surface area contributed by atoms with E-state index >= 15 is 0 Å². The van der Waals surface area contributed by atoms with Crippen LogP contribution in [-0.2, 0) is 18.7 Å². The molecule has 1 aromatic rings. The third-order valence-corrected chi connectivity index (χ3v) is 9.78. The molecule has 1 rings (SSSR count). The van der Waals surface area contributed by atoms with Crippen molar-refractivity contribution in [1.82, 2.24) is 9.80 Å². The average molecular weight is 651 g/mol. The summed E-state index contributed by atoms with van der Waals surface area (Å²) in [4.78, 5) is 61.1. The maximum atomic E-state index is 12.5. The van der Waals surface area contributed by atoms with Crippen LogP contribution in [0.15, 0.2) is 24.3 Å². The van der Waals surface area contributed by atoms with Crippen LogP contribution in [0.25, 0.3) is 0 Å². The second kappa shape index (κ2) is 19.3. The molecule has 0 aliphatic carbocycles. The zero-order valence-corrected chi connectivity index (χ0v) is 31.6. The topological polar surface area (TPSA) is 193 Å². The van der Waals surface area contributed by atoms with Crippen LogP contribution in [0.2, 0.25) is 0 Å². The molecule has 0 aromatic heterocycles. The van der Waals surface area contributed by atoms with Crippen LogP contribution in [0.5, 0.6) is 0 Å². The molecule has 19 heteroatoms. The largest absolute Gasteiger partial charge is 1.00 e. The first-order chi connectivity index (χ1) is 16.1. The van der Waals surface area contributed by atoms with Crippen molar-refractivity contribution in [3.63, 3.8) is 0 Å². The first-order valence-electron chi connectivity index (χ1n) is 10.5. The Hall–Kier alpha value is 1.96. The number of quaternary nitrogens is 1. The fourth-order valence-corrected chi connectivity index (χ4v) is 6.12. The van der Waals surface area contributed by atoms with Crippen molar-refractivity contribution in [2.75, 3.05) is 30.2 Å². The van der Waals surface area contributed by atoms with Crippen LogP contribution >= 0.6 is 38.4 Å². The third-order valence-electron chi connectivity index (χ3n) is 5.56. The standard InChI is InChI=1S/C19H31Cl2N3O9P2.3Na.3H/c1-14(7-8-19(27,34(28,29)30)35(31,32)33)22-18(26)15(2)23-16-3-5-17(6-4-16)24(13-25,11-9-20)12-10-21;;;;;;/h3-6,13-15,23,27H,7-12H2,1-2H3,(H4-,22,26,28,29,30,31,32,33);;;;;;/q;3*+1;3*-1/p+1/t14?,15-;;;;;;/m0....../s1. The summed E-state index contributed by atoms with van der Waals surface area (Å²) < 4.78 is 22.8. The Morgan fingerprint density at radius 1 is 1.03 bits per heavy atom. The van der Waals surface area contributed by atoms with Crippen molar-refractivity contribution in [3.05, 3.63) is 24.3 Å². The van der Waals surface area contributed by atoms with Gasteiger partial charge in [-0.2, -0.15) is 0 Å². The van der Waals surface area contributed by atoms with E-state index in [2.05, 4.69) is 10.6 Å². The van der Waals surface area contributed by atoms with Crippen molar-refractivity contribution in [2.24, 2.45) is 0 Å². The van der Waals surface area contributed by atoms with E-state index in [9.17, 15) is 43.4 Å². The summed E-state index contributed by atoms with van der Waals surface area (Å²) in [6.07, 6.45) is -0.467. The van der Waals surface area contributed by atoms with Crippen LogP contribution in [-0.4, -0.2) is 79.0 Å². The molecule has 0 spiro atoms. The number of aliphatic hydroxyl groups is 1. The van der Waals surface area contributed by atoms with Crippen molar-refractivity contribution < 1.29 is 136 Å². The molecule has 0 bridgehead atoms. The number of amides is 2. The molecule has 0 radical (unpaired) electrons. The molecule has 12 nitrogen and oxygen atoms in total. The normalized spacial score (nSPS) is 13.6. The average Bonchev–Trinajstić information content (AvgIpc) is 2.76. The van der Waals surface area contributed by atoms with Crippen LogP contribution in [0.1, 0.15) is 31.0 Å². The maximum Gasteiger partial charge on any atom is 1.00 e. The Morgan fingerprint density at radius 2 is 1.47 bits per heavy atom. The molecule has 2 amide bonds. The Morgan fingerprint density at radius 3 is 1.84 bits per heavy atom. The van der Waals surface area contributed by atoms with E-state index in [1.807, 2.05) is 0 Å². The Kier molecular flexibility index (Phi) is 22.5. The number of hydrogen-bond acceptors (Lipinski definition) is 6. The summed E-state index contributed by atoms with van der Waals surface area (Å²) in [5.74, 6) is 0.00920. The maximum absolute atomic E-state index is 12.5. The molecule has 206 valence electrons. The van der Waals surface area contributed by atoms with Gasteiger partial charge in [0.15, 0.2) is 0 Å². The number of alkyl halides is 2. The summed E-state index contributed by atoms with van der Waals surface area (Å²) in [6.45, 7) is 3.75. The van der Waals surface area contributed by atoms with Gasteiger partial charge >= 0.3 is 110 Å². The number of nitrogens with zero attached hydrogens (tertiary/aromatic N) is 1. The second-order valence-electron chi connectivity index (χ2n) is 8.19. The number of carbonyl (C=O) groups excluding carboxylic acids is 2. The number of rotatable bonds is 15. The first kappa shape index (κ1) is 44.4. The van der Waals surface area contributed by atoms with Gasteiger partial charge in [-0.1, -0.05) is 0 Å². The van der Waals surface area contributed by atoms with Gasteiger partial charge in [0, 0.05) is 30.3 Å². The number of hydrogen-bond donors (Lipinski definition) is 7. The minimum Gasteiger partial charge on any atom is -1.00 e. The van der Waals surface area contributed by atoms with Gasteiger partial charge in [0.25, 0.3) is 5.08 Å².